The maximum atomic E-state index is 13.2. The molecule has 3 aliphatic rings. The van der Waals surface area contributed by atoms with Crippen molar-refractivity contribution < 1.29 is 23.9 Å². The van der Waals surface area contributed by atoms with Crippen molar-refractivity contribution in [3.05, 3.63) is 54.6 Å². The second kappa shape index (κ2) is 9.40. The van der Waals surface area contributed by atoms with Gasteiger partial charge in [0, 0.05) is 43.9 Å². The van der Waals surface area contributed by atoms with Crippen LogP contribution in [0.4, 0.5) is 16.2 Å². The molecule has 0 radical (unpaired) electrons. The molecule has 1 unspecified atom stereocenters. The minimum absolute atomic E-state index is 0.0306. The van der Waals surface area contributed by atoms with Crippen LogP contribution in [0.1, 0.15) is 19.3 Å². The zero-order valence-corrected chi connectivity index (χ0v) is 19.6. The molecule has 3 aliphatic heterocycles. The van der Waals surface area contributed by atoms with Gasteiger partial charge in [-0.3, -0.25) is 14.4 Å². The molecule has 182 valence electrons. The number of nitrogens with zero attached hydrogens (tertiary/aromatic N) is 4. The van der Waals surface area contributed by atoms with Gasteiger partial charge in [0.1, 0.15) is 12.3 Å². The van der Waals surface area contributed by atoms with E-state index >= 15 is 0 Å². The SMILES string of the molecule is COc1cccc(N2CC(C(=O)N3CCC(N4CC(=O)N(c5ccccc5)C4=O)CC3)CC2=O)c1. The first-order chi connectivity index (χ1) is 17.0. The minimum Gasteiger partial charge on any atom is -0.497 e. The van der Waals surface area contributed by atoms with Crippen LogP contribution in [-0.4, -0.2) is 72.9 Å². The van der Waals surface area contributed by atoms with Crippen molar-refractivity contribution in [3.8, 4) is 5.75 Å². The number of carbonyl (C=O) groups is 4. The number of amides is 5. The number of ether oxygens (including phenoxy) is 1. The number of rotatable bonds is 5. The quantitative estimate of drug-likeness (QED) is 0.619. The first-order valence-electron chi connectivity index (χ1n) is 11.9. The van der Waals surface area contributed by atoms with Gasteiger partial charge in [0.25, 0.3) is 5.91 Å². The molecule has 0 aromatic heterocycles. The molecule has 0 spiro atoms. The Hall–Kier alpha value is -3.88. The molecule has 9 nitrogen and oxygen atoms in total. The lowest BCUT2D eigenvalue weighted by Gasteiger charge is -2.37. The predicted molar refractivity (Wildman–Crippen MR) is 129 cm³/mol. The average Bonchev–Trinajstić information content (AvgIpc) is 3.43. The number of anilines is 2. The number of carbonyl (C=O) groups excluding carboxylic acids is 4. The van der Waals surface area contributed by atoms with Crippen molar-refractivity contribution >= 4 is 35.1 Å². The van der Waals surface area contributed by atoms with Crippen molar-refractivity contribution in [1.29, 1.82) is 0 Å². The number of imide groups is 1. The number of piperidine rings is 1. The van der Waals surface area contributed by atoms with E-state index in [1.54, 1.807) is 52.1 Å². The van der Waals surface area contributed by atoms with E-state index in [-0.39, 0.29) is 42.8 Å². The Bertz CT molecular complexity index is 1150. The molecule has 3 fully saturated rings. The fraction of sp³-hybridized carbons (Fsp3) is 0.385. The molecule has 3 heterocycles. The molecule has 2 aromatic carbocycles. The highest BCUT2D eigenvalue weighted by Crippen LogP contribution is 2.31. The van der Waals surface area contributed by atoms with Crippen LogP contribution in [0.3, 0.4) is 0 Å². The van der Waals surface area contributed by atoms with Crippen LogP contribution in [0.2, 0.25) is 0 Å². The molecule has 0 aliphatic carbocycles. The number of para-hydroxylation sites is 1. The molecule has 9 heteroatoms. The fourth-order valence-electron chi connectivity index (χ4n) is 5.19. The summed E-state index contributed by atoms with van der Waals surface area (Å²) in [5.74, 6) is -0.0749. The highest BCUT2D eigenvalue weighted by Gasteiger charge is 2.43. The molecule has 5 amide bonds. The van der Waals surface area contributed by atoms with E-state index in [1.165, 1.54) is 4.90 Å². The standard InChI is InChI=1S/C26H28N4O5/c1-35-22-9-5-8-21(15-22)28-16-18(14-23(28)31)25(33)27-12-10-19(11-13-27)29-17-24(32)30(26(29)34)20-6-3-2-4-7-20/h2-9,15,18-19H,10-14,16-17H2,1H3. The van der Waals surface area contributed by atoms with Gasteiger partial charge in [-0.15, -0.1) is 0 Å². The van der Waals surface area contributed by atoms with Crippen LogP contribution < -0.4 is 14.5 Å². The predicted octanol–water partition coefficient (Wildman–Crippen LogP) is 2.51. The molecule has 1 atom stereocenters. The summed E-state index contributed by atoms with van der Waals surface area (Å²) in [5.41, 5.74) is 1.30. The monoisotopic (exact) mass is 476 g/mol. The van der Waals surface area contributed by atoms with Crippen LogP contribution in [0.15, 0.2) is 54.6 Å². The number of benzene rings is 2. The van der Waals surface area contributed by atoms with Crippen LogP contribution in [0, 0.1) is 5.92 Å². The summed E-state index contributed by atoms with van der Waals surface area (Å²) in [7, 11) is 1.58. The topological polar surface area (TPSA) is 90.5 Å². The highest BCUT2D eigenvalue weighted by molar-refractivity contribution is 6.19. The molecule has 0 bridgehead atoms. The van der Waals surface area contributed by atoms with E-state index in [0.29, 0.717) is 43.9 Å². The third-order valence-electron chi connectivity index (χ3n) is 7.06. The van der Waals surface area contributed by atoms with Crippen molar-refractivity contribution in [2.75, 3.05) is 43.1 Å². The van der Waals surface area contributed by atoms with Gasteiger partial charge in [0.05, 0.1) is 18.7 Å². The van der Waals surface area contributed by atoms with Crippen LogP contribution in [0.25, 0.3) is 0 Å². The summed E-state index contributed by atoms with van der Waals surface area (Å²) >= 11 is 0. The summed E-state index contributed by atoms with van der Waals surface area (Å²) in [6.07, 6.45) is 1.39. The van der Waals surface area contributed by atoms with Gasteiger partial charge in [0.15, 0.2) is 0 Å². The Morgan fingerprint density at radius 2 is 1.63 bits per heavy atom. The summed E-state index contributed by atoms with van der Waals surface area (Å²) < 4.78 is 5.25. The van der Waals surface area contributed by atoms with Gasteiger partial charge < -0.3 is 19.4 Å². The summed E-state index contributed by atoms with van der Waals surface area (Å²) in [5, 5.41) is 0. The molecule has 2 aromatic rings. The second-order valence-corrected chi connectivity index (χ2v) is 9.14. The largest absolute Gasteiger partial charge is 0.497 e. The molecule has 3 saturated heterocycles. The molecular weight excluding hydrogens is 448 g/mol. The first-order valence-corrected chi connectivity index (χ1v) is 11.9. The van der Waals surface area contributed by atoms with E-state index < -0.39 is 5.92 Å². The second-order valence-electron chi connectivity index (χ2n) is 9.14. The molecule has 0 N–H and O–H groups in total. The van der Waals surface area contributed by atoms with E-state index in [4.69, 9.17) is 4.74 Å². The van der Waals surface area contributed by atoms with E-state index in [2.05, 4.69) is 0 Å². The summed E-state index contributed by atoms with van der Waals surface area (Å²) in [4.78, 5) is 57.7. The number of hydrogen-bond donors (Lipinski definition) is 0. The van der Waals surface area contributed by atoms with Crippen LogP contribution in [-0.2, 0) is 14.4 Å². The highest BCUT2D eigenvalue weighted by atomic mass is 16.5. The number of urea groups is 1. The zero-order chi connectivity index (χ0) is 24.5. The van der Waals surface area contributed by atoms with E-state index in [0.717, 1.165) is 5.69 Å². The van der Waals surface area contributed by atoms with Gasteiger partial charge in [-0.2, -0.15) is 0 Å². The maximum absolute atomic E-state index is 13.2. The smallest absolute Gasteiger partial charge is 0.332 e. The lowest BCUT2D eigenvalue weighted by atomic mass is 10.0. The summed E-state index contributed by atoms with van der Waals surface area (Å²) in [6.45, 7) is 1.39. The minimum atomic E-state index is -0.395. The third kappa shape index (κ3) is 4.34. The number of hydrogen-bond acceptors (Lipinski definition) is 5. The van der Waals surface area contributed by atoms with Crippen LogP contribution >= 0.6 is 0 Å². The number of methoxy groups -OCH3 is 1. The van der Waals surface area contributed by atoms with Crippen molar-refractivity contribution in [2.24, 2.45) is 5.92 Å². The van der Waals surface area contributed by atoms with Crippen molar-refractivity contribution in [1.82, 2.24) is 9.80 Å². The zero-order valence-electron chi connectivity index (χ0n) is 19.6. The van der Waals surface area contributed by atoms with Gasteiger partial charge in [-0.1, -0.05) is 24.3 Å². The Labute approximate surface area is 203 Å². The lowest BCUT2D eigenvalue weighted by molar-refractivity contribution is -0.137. The van der Waals surface area contributed by atoms with Crippen molar-refractivity contribution in [3.63, 3.8) is 0 Å². The van der Waals surface area contributed by atoms with Gasteiger partial charge >= 0.3 is 6.03 Å². The molecular formula is C26H28N4O5. The first kappa shape index (κ1) is 22.9. The normalized spacial score (nSPS) is 21.3. The Morgan fingerprint density at radius 3 is 2.34 bits per heavy atom. The lowest BCUT2D eigenvalue weighted by Crippen LogP contribution is -2.49. The maximum Gasteiger partial charge on any atom is 0.332 e. The summed E-state index contributed by atoms with van der Waals surface area (Å²) in [6, 6.07) is 15.8. The average molecular weight is 477 g/mol. The molecule has 0 saturated carbocycles. The fourth-order valence-corrected chi connectivity index (χ4v) is 5.19. The number of likely N-dealkylation sites (tertiary alicyclic amines) is 1. The van der Waals surface area contributed by atoms with Gasteiger partial charge in [-0.05, 0) is 37.1 Å². The molecule has 5 rings (SSSR count). The van der Waals surface area contributed by atoms with E-state index in [9.17, 15) is 19.2 Å². The third-order valence-corrected chi connectivity index (χ3v) is 7.06. The molecule has 35 heavy (non-hydrogen) atoms. The Morgan fingerprint density at radius 1 is 0.914 bits per heavy atom. The van der Waals surface area contributed by atoms with Gasteiger partial charge in [0.2, 0.25) is 11.8 Å². The Kier molecular flexibility index (Phi) is 6.15. The van der Waals surface area contributed by atoms with Crippen molar-refractivity contribution in [2.45, 2.75) is 25.3 Å². The van der Waals surface area contributed by atoms with Crippen LogP contribution in [0.5, 0.6) is 5.75 Å². The van der Waals surface area contributed by atoms with E-state index in [1.807, 2.05) is 24.3 Å². The van der Waals surface area contributed by atoms with Gasteiger partial charge in [-0.25, -0.2) is 9.69 Å². The Balaban J connectivity index is 1.18.